The molecule has 5 nitrogen and oxygen atoms in total. The fourth-order valence-electron chi connectivity index (χ4n) is 2.77. The van der Waals surface area contributed by atoms with Gasteiger partial charge in [0, 0.05) is 5.69 Å². The number of hydrogen-bond donors (Lipinski definition) is 3. The zero-order chi connectivity index (χ0) is 14.4. The molecule has 0 radical (unpaired) electrons. The van der Waals surface area contributed by atoms with Crippen LogP contribution in [0.25, 0.3) is 0 Å². The molecule has 0 unspecified atom stereocenters. The van der Waals surface area contributed by atoms with Crippen molar-refractivity contribution in [3.05, 3.63) is 30.3 Å². The molecule has 108 valence electrons. The lowest BCUT2D eigenvalue weighted by Gasteiger charge is -2.28. The Morgan fingerprint density at radius 2 is 1.80 bits per heavy atom. The number of anilines is 1. The van der Waals surface area contributed by atoms with E-state index < -0.39 is 11.5 Å². The van der Waals surface area contributed by atoms with Gasteiger partial charge in [0.2, 0.25) is 5.91 Å². The molecule has 0 aromatic heterocycles. The van der Waals surface area contributed by atoms with E-state index in [1.54, 1.807) is 0 Å². The van der Waals surface area contributed by atoms with Gasteiger partial charge in [0.05, 0.1) is 18.5 Å². The van der Waals surface area contributed by atoms with Crippen molar-refractivity contribution in [2.75, 3.05) is 11.9 Å². The Hall–Kier alpha value is -2.04. The first-order chi connectivity index (χ1) is 9.60. The van der Waals surface area contributed by atoms with E-state index >= 15 is 0 Å². The van der Waals surface area contributed by atoms with Crippen LogP contribution in [0, 0.1) is 0 Å². The van der Waals surface area contributed by atoms with Crippen molar-refractivity contribution in [2.45, 2.75) is 37.6 Å². The van der Waals surface area contributed by atoms with Crippen LogP contribution in [0.1, 0.15) is 32.1 Å². The van der Waals surface area contributed by atoms with E-state index in [0.29, 0.717) is 0 Å². The molecule has 1 aromatic carbocycles. The molecule has 0 heterocycles. The SMILES string of the molecule is O=C(O)CC1(NC(=O)CNc2ccccc2)CCCC1. The average Bonchev–Trinajstić information content (AvgIpc) is 2.85. The highest BCUT2D eigenvalue weighted by molar-refractivity contribution is 5.82. The van der Waals surface area contributed by atoms with Gasteiger partial charge in [-0.25, -0.2) is 0 Å². The van der Waals surface area contributed by atoms with Gasteiger partial charge < -0.3 is 15.7 Å². The Balaban J connectivity index is 1.87. The first-order valence-corrected chi connectivity index (χ1v) is 6.91. The quantitative estimate of drug-likeness (QED) is 0.742. The second kappa shape index (κ2) is 6.41. The number of carbonyl (C=O) groups is 2. The van der Waals surface area contributed by atoms with Gasteiger partial charge in [-0.3, -0.25) is 9.59 Å². The van der Waals surface area contributed by atoms with Gasteiger partial charge in [0.15, 0.2) is 0 Å². The van der Waals surface area contributed by atoms with Crippen LogP contribution in [-0.4, -0.2) is 29.1 Å². The van der Waals surface area contributed by atoms with Gasteiger partial charge in [0.25, 0.3) is 0 Å². The first-order valence-electron chi connectivity index (χ1n) is 6.91. The van der Waals surface area contributed by atoms with Crippen LogP contribution < -0.4 is 10.6 Å². The summed E-state index contributed by atoms with van der Waals surface area (Å²) in [6.45, 7) is 0.158. The lowest BCUT2D eigenvalue weighted by atomic mass is 9.93. The number of amides is 1. The Morgan fingerprint density at radius 3 is 2.40 bits per heavy atom. The molecule has 20 heavy (non-hydrogen) atoms. The van der Waals surface area contributed by atoms with Gasteiger partial charge in [-0.15, -0.1) is 0 Å². The fraction of sp³-hybridized carbons (Fsp3) is 0.467. The molecule has 0 saturated heterocycles. The van der Waals surface area contributed by atoms with Crippen molar-refractivity contribution in [2.24, 2.45) is 0 Å². The number of aliphatic carboxylic acids is 1. The minimum Gasteiger partial charge on any atom is -0.481 e. The first kappa shape index (κ1) is 14.4. The summed E-state index contributed by atoms with van der Waals surface area (Å²) in [5, 5.41) is 14.9. The highest BCUT2D eigenvalue weighted by Gasteiger charge is 2.37. The monoisotopic (exact) mass is 276 g/mol. The third-order valence-corrected chi connectivity index (χ3v) is 3.68. The van der Waals surface area contributed by atoms with Crippen molar-refractivity contribution in [1.29, 1.82) is 0 Å². The van der Waals surface area contributed by atoms with Gasteiger partial charge in [-0.2, -0.15) is 0 Å². The zero-order valence-corrected chi connectivity index (χ0v) is 11.4. The maximum absolute atomic E-state index is 12.0. The number of carbonyl (C=O) groups excluding carboxylic acids is 1. The van der Waals surface area contributed by atoms with E-state index in [-0.39, 0.29) is 18.9 Å². The molecule has 1 fully saturated rings. The second-order valence-corrected chi connectivity index (χ2v) is 5.33. The maximum Gasteiger partial charge on any atom is 0.305 e. The summed E-state index contributed by atoms with van der Waals surface area (Å²) >= 11 is 0. The molecule has 0 spiro atoms. The standard InChI is InChI=1S/C15H20N2O3/c18-13(11-16-12-6-2-1-3-7-12)17-15(10-14(19)20)8-4-5-9-15/h1-3,6-7,16H,4-5,8-11H2,(H,17,18)(H,19,20). The molecular weight excluding hydrogens is 256 g/mol. The van der Waals surface area contributed by atoms with Gasteiger partial charge in [-0.1, -0.05) is 31.0 Å². The van der Waals surface area contributed by atoms with Crippen molar-refractivity contribution < 1.29 is 14.7 Å². The maximum atomic E-state index is 12.0. The minimum absolute atomic E-state index is 0.00404. The van der Waals surface area contributed by atoms with E-state index in [4.69, 9.17) is 5.11 Å². The third-order valence-electron chi connectivity index (χ3n) is 3.68. The fourth-order valence-corrected chi connectivity index (χ4v) is 2.77. The van der Waals surface area contributed by atoms with Crippen molar-refractivity contribution in [3.8, 4) is 0 Å². The van der Waals surface area contributed by atoms with Crippen LogP contribution in [0.2, 0.25) is 0 Å². The molecule has 1 saturated carbocycles. The van der Waals surface area contributed by atoms with Crippen LogP contribution in [-0.2, 0) is 9.59 Å². The van der Waals surface area contributed by atoms with Crippen LogP contribution in [0.15, 0.2) is 30.3 Å². The molecule has 0 aliphatic heterocycles. The van der Waals surface area contributed by atoms with Crippen molar-refractivity contribution >= 4 is 17.6 Å². The van der Waals surface area contributed by atoms with E-state index in [2.05, 4.69) is 10.6 Å². The molecule has 1 amide bonds. The number of hydrogen-bond acceptors (Lipinski definition) is 3. The van der Waals surface area contributed by atoms with E-state index in [0.717, 1.165) is 31.4 Å². The number of nitrogens with one attached hydrogen (secondary N) is 2. The number of benzene rings is 1. The Morgan fingerprint density at radius 1 is 1.15 bits per heavy atom. The largest absolute Gasteiger partial charge is 0.481 e. The number of carboxylic acids is 1. The van der Waals surface area contributed by atoms with E-state index in [1.165, 1.54) is 0 Å². The molecule has 0 bridgehead atoms. The summed E-state index contributed by atoms with van der Waals surface area (Å²) in [5.41, 5.74) is 0.322. The van der Waals surface area contributed by atoms with Crippen LogP contribution in [0.5, 0.6) is 0 Å². The molecule has 0 atom stereocenters. The number of carboxylic acid groups (broad SMARTS) is 1. The predicted octanol–water partition coefficient (Wildman–Crippen LogP) is 2.00. The van der Waals surface area contributed by atoms with Gasteiger partial charge in [0.1, 0.15) is 0 Å². The summed E-state index contributed by atoms with van der Waals surface area (Å²) in [4.78, 5) is 22.9. The van der Waals surface area contributed by atoms with Crippen LogP contribution in [0.4, 0.5) is 5.69 Å². The van der Waals surface area contributed by atoms with Gasteiger partial charge >= 0.3 is 5.97 Å². The lowest BCUT2D eigenvalue weighted by Crippen LogP contribution is -2.49. The summed E-state index contributed by atoms with van der Waals surface area (Å²) < 4.78 is 0. The number of rotatable bonds is 6. The summed E-state index contributed by atoms with van der Waals surface area (Å²) in [6.07, 6.45) is 3.44. The predicted molar refractivity (Wildman–Crippen MR) is 76.5 cm³/mol. The molecule has 1 aromatic rings. The third kappa shape index (κ3) is 3.98. The number of para-hydroxylation sites is 1. The molecular formula is C15H20N2O3. The summed E-state index contributed by atoms with van der Waals surface area (Å²) in [5.74, 6) is -1.01. The molecule has 1 aliphatic rings. The van der Waals surface area contributed by atoms with Gasteiger partial charge in [-0.05, 0) is 25.0 Å². The van der Waals surface area contributed by atoms with E-state index in [1.807, 2.05) is 30.3 Å². The molecule has 1 aliphatic carbocycles. The van der Waals surface area contributed by atoms with Crippen molar-refractivity contribution in [1.82, 2.24) is 5.32 Å². The summed E-state index contributed by atoms with van der Waals surface area (Å²) in [7, 11) is 0. The normalized spacial score (nSPS) is 16.6. The Labute approximate surface area is 118 Å². The highest BCUT2D eigenvalue weighted by Crippen LogP contribution is 2.32. The molecule has 3 N–H and O–H groups in total. The lowest BCUT2D eigenvalue weighted by molar-refractivity contribution is -0.139. The second-order valence-electron chi connectivity index (χ2n) is 5.33. The van der Waals surface area contributed by atoms with Crippen molar-refractivity contribution in [3.63, 3.8) is 0 Å². The highest BCUT2D eigenvalue weighted by atomic mass is 16.4. The molecule has 5 heteroatoms. The topological polar surface area (TPSA) is 78.4 Å². The zero-order valence-electron chi connectivity index (χ0n) is 11.4. The van der Waals surface area contributed by atoms with E-state index in [9.17, 15) is 9.59 Å². The molecule has 2 rings (SSSR count). The average molecular weight is 276 g/mol. The Bertz CT molecular complexity index is 467. The van der Waals surface area contributed by atoms with Crippen LogP contribution in [0.3, 0.4) is 0 Å². The van der Waals surface area contributed by atoms with Crippen LogP contribution >= 0.6 is 0 Å². The minimum atomic E-state index is -0.858. The smallest absolute Gasteiger partial charge is 0.305 e. The summed E-state index contributed by atoms with van der Waals surface area (Å²) in [6, 6.07) is 9.46. The Kier molecular flexibility index (Phi) is 4.61.